The third kappa shape index (κ3) is 9.51. The number of carbonyl (C=O) groups is 2. The van der Waals surface area contributed by atoms with E-state index in [2.05, 4.69) is 10.3 Å². The smallest absolute Gasteiger partial charge is 0.490 e. The highest BCUT2D eigenvalue weighted by atomic mass is 19.4. The molecule has 1 heterocycles. The van der Waals surface area contributed by atoms with Crippen LogP contribution in [0.25, 0.3) is 10.9 Å². The second-order valence-corrected chi connectivity index (χ2v) is 6.14. The van der Waals surface area contributed by atoms with Crippen molar-refractivity contribution in [2.75, 3.05) is 13.2 Å². The van der Waals surface area contributed by atoms with Gasteiger partial charge in [0.1, 0.15) is 5.75 Å². The summed E-state index contributed by atoms with van der Waals surface area (Å²) in [5, 5.41) is 26.4. The van der Waals surface area contributed by atoms with Gasteiger partial charge in [0.2, 0.25) is 0 Å². The molecule has 1 aromatic heterocycles. The number of aromatic amines is 1. The zero-order valence-electron chi connectivity index (χ0n) is 16.1. The molecule has 170 valence electrons. The number of H-pyrrole nitrogens is 1. The molecule has 7 N–H and O–H groups in total. The van der Waals surface area contributed by atoms with Crippen LogP contribution in [0.1, 0.15) is 18.4 Å². The predicted octanol–water partition coefficient (Wildman–Crippen LogP) is 1.43. The van der Waals surface area contributed by atoms with Crippen molar-refractivity contribution >= 4 is 28.8 Å². The van der Waals surface area contributed by atoms with Gasteiger partial charge in [-0.05, 0) is 37.1 Å². The molecular formula is C18H21F3N4O6. The Morgan fingerprint density at radius 1 is 1.19 bits per heavy atom. The molecule has 0 amide bonds. The van der Waals surface area contributed by atoms with Crippen molar-refractivity contribution in [2.45, 2.75) is 25.4 Å². The standard InChI is InChI=1S/C16H20N4O4.C2HF3O2/c17-16(18)19-5-1-2-6-24-12-3-4-13-10(8-12)7-11(9-14(21)22)15(23)20-13;3-2(4,5)1(6)7/h3-4,7-8H,1-2,5-6,9H2,(H,20,23)(H,21,22)(H4,17,18,19);(H,6,7). The summed E-state index contributed by atoms with van der Waals surface area (Å²) < 4.78 is 37.4. The first-order chi connectivity index (χ1) is 14.4. The number of carboxylic acids is 2. The maximum absolute atomic E-state index is 11.8. The average molecular weight is 446 g/mol. The van der Waals surface area contributed by atoms with Crippen LogP contribution in [-0.2, 0) is 16.0 Å². The van der Waals surface area contributed by atoms with Crippen molar-refractivity contribution in [1.82, 2.24) is 10.3 Å². The summed E-state index contributed by atoms with van der Waals surface area (Å²) in [5.74, 6) is -3.20. The number of rotatable bonds is 8. The van der Waals surface area contributed by atoms with E-state index in [1.165, 1.54) is 0 Å². The fourth-order valence-electron chi connectivity index (χ4n) is 2.25. The number of pyridine rings is 1. The van der Waals surface area contributed by atoms with Gasteiger partial charge in [-0.2, -0.15) is 13.2 Å². The van der Waals surface area contributed by atoms with Gasteiger partial charge in [0.15, 0.2) is 5.96 Å². The fraction of sp³-hybridized carbons (Fsp3) is 0.333. The molecule has 0 aliphatic heterocycles. The van der Waals surface area contributed by atoms with Crippen molar-refractivity contribution in [3.8, 4) is 5.75 Å². The number of halogens is 3. The van der Waals surface area contributed by atoms with E-state index in [4.69, 9.17) is 30.9 Å². The summed E-state index contributed by atoms with van der Waals surface area (Å²) in [6.07, 6.45) is -3.78. The zero-order chi connectivity index (χ0) is 23.6. The molecular weight excluding hydrogens is 425 g/mol. The Morgan fingerprint density at radius 2 is 1.84 bits per heavy atom. The van der Waals surface area contributed by atoms with Gasteiger partial charge in [-0.1, -0.05) is 0 Å². The molecule has 0 saturated carbocycles. The highest BCUT2D eigenvalue weighted by Gasteiger charge is 2.38. The first kappa shape index (κ1) is 25.3. The minimum atomic E-state index is -5.08. The highest BCUT2D eigenvalue weighted by molar-refractivity contribution is 5.82. The highest BCUT2D eigenvalue weighted by Crippen LogP contribution is 2.19. The second kappa shape index (κ2) is 11.4. The monoisotopic (exact) mass is 446 g/mol. The fourth-order valence-corrected chi connectivity index (χ4v) is 2.25. The van der Waals surface area contributed by atoms with Gasteiger partial charge in [-0.15, -0.1) is 0 Å². The van der Waals surface area contributed by atoms with Gasteiger partial charge in [-0.25, -0.2) is 4.79 Å². The van der Waals surface area contributed by atoms with Crippen molar-refractivity contribution in [3.63, 3.8) is 0 Å². The molecule has 0 spiro atoms. The van der Waals surface area contributed by atoms with Gasteiger partial charge in [0.05, 0.1) is 13.0 Å². The first-order valence-electron chi connectivity index (χ1n) is 8.78. The molecule has 10 nitrogen and oxygen atoms in total. The van der Waals surface area contributed by atoms with Gasteiger partial charge >= 0.3 is 18.1 Å². The number of nitrogens with two attached hydrogens (primary N) is 1. The van der Waals surface area contributed by atoms with Gasteiger partial charge in [0, 0.05) is 23.0 Å². The van der Waals surface area contributed by atoms with Crippen LogP contribution in [0.2, 0.25) is 0 Å². The Morgan fingerprint density at radius 3 is 2.39 bits per heavy atom. The van der Waals surface area contributed by atoms with E-state index >= 15 is 0 Å². The van der Waals surface area contributed by atoms with Gasteiger partial charge in [0.25, 0.3) is 5.56 Å². The number of fused-ring (bicyclic) bond motifs is 1. The first-order valence-corrected chi connectivity index (χ1v) is 8.78. The largest absolute Gasteiger partial charge is 0.494 e. The van der Waals surface area contributed by atoms with Crippen LogP contribution < -0.4 is 21.3 Å². The van der Waals surface area contributed by atoms with Crippen LogP contribution >= 0.6 is 0 Å². The Labute approximate surface area is 173 Å². The third-order valence-corrected chi connectivity index (χ3v) is 3.63. The van der Waals surface area contributed by atoms with Gasteiger partial charge < -0.3 is 31.0 Å². The number of nitrogens with one attached hydrogen (secondary N) is 3. The topological polar surface area (TPSA) is 179 Å². The van der Waals surface area contributed by atoms with Crippen molar-refractivity contribution in [1.29, 1.82) is 5.41 Å². The molecule has 13 heteroatoms. The Hall–Kier alpha value is -3.77. The Balaban J connectivity index is 0.000000592. The molecule has 2 aromatic rings. The molecule has 0 aliphatic carbocycles. The van der Waals surface area contributed by atoms with E-state index in [1.807, 2.05) is 0 Å². The normalized spacial score (nSPS) is 10.7. The lowest BCUT2D eigenvalue weighted by Crippen LogP contribution is -2.31. The molecule has 0 unspecified atom stereocenters. The molecule has 0 bridgehead atoms. The van der Waals surface area contributed by atoms with Crippen molar-refractivity contribution in [3.05, 3.63) is 40.2 Å². The van der Waals surface area contributed by atoms with E-state index in [-0.39, 0.29) is 17.9 Å². The lowest BCUT2D eigenvalue weighted by molar-refractivity contribution is -0.192. The van der Waals surface area contributed by atoms with Crippen molar-refractivity contribution in [2.24, 2.45) is 5.73 Å². The van der Waals surface area contributed by atoms with E-state index in [9.17, 15) is 22.8 Å². The number of benzene rings is 1. The third-order valence-electron chi connectivity index (χ3n) is 3.63. The van der Waals surface area contributed by atoms with Gasteiger partial charge in [-0.3, -0.25) is 15.0 Å². The van der Waals surface area contributed by atoms with Crippen LogP contribution in [0.5, 0.6) is 5.75 Å². The number of hydrogen-bond acceptors (Lipinski definition) is 5. The molecule has 0 fully saturated rings. The van der Waals surface area contributed by atoms with E-state index < -0.39 is 23.7 Å². The minimum Gasteiger partial charge on any atom is -0.494 e. The summed E-state index contributed by atoms with van der Waals surface area (Å²) in [7, 11) is 0. The molecule has 1 aromatic carbocycles. The number of hydrogen-bond donors (Lipinski definition) is 6. The molecule has 2 rings (SSSR count). The van der Waals surface area contributed by atoms with E-state index in [1.54, 1.807) is 24.3 Å². The SMILES string of the molecule is N=C(N)NCCCCOc1ccc2[nH]c(=O)c(CC(=O)O)cc2c1.O=C(O)C(F)(F)F. The van der Waals surface area contributed by atoms with E-state index in [0.29, 0.717) is 24.4 Å². The lowest BCUT2D eigenvalue weighted by Gasteiger charge is -2.08. The van der Waals surface area contributed by atoms with Crippen LogP contribution in [0.3, 0.4) is 0 Å². The molecule has 0 radical (unpaired) electrons. The number of ether oxygens (including phenoxy) is 1. The number of guanidine groups is 1. The lowest BCUT2D eigenvalue weighted by atomic mass is 10.1. The zero-order valence-corrected chi connectivity index (χ0v) is 16.1. The molecule has 31 heavy (non-hydrogen) atoms. The average Bonchev–Trinajstić information content (AvgIpc) is 2.64. The summed E-state index contributed by atoms with van der Waals surface area (Å²) >= 11 is 0. The van der Waals surface area contributed by atoms with Crippen LogP contribution in [-0.4, -0.2) is 52.4 Å². The Bertz CT molecular complexity index is 990. The summed E-state index contributed by atoms with van der Waals surface area (Å²) in [4.78, 5) is 34.2. The van der Waals surface area contributed by atoms with Crippen LogP contribution in [0.4, 0.5) is 13.2 Å². The predicted molar refractivity (Wildman–Crippen MR) is 104 cm³/mol. The van der Waals surface area contributed by atoms with E-state index in [0.717, 1.165) is 18.2 Å². The molecule has 0 atom stereocenters. The maximum Gasteiger partial charge on any atom is 0.490 e. The quantitative estimate of drug-likeness (QED) is 0.200. The summed E-state index contributed by atoms with van der Waals surface area (Å²) in [5.41, 5.74) is 5.63. The number of unbranched alkanes of at least 4 members (excludes halogenated alkanes) is 1. The minimum absolute atomic E-state index is 0.0448. The Kier molecular flexibility index (Phi) is 9.31. The number of aliphatic carboxylic acids is 2. The number of carboxylic acid groups (broad SMARTS) is 2. The number of aromatic nitrogens is 1. The summed E-state index contributed by atoms with van der Waals surface area (Å²) in [6.45, 7) is 1.13. The summed E-state index contributed by atoms with van der Waals surface area (Å²) in [6, 6.07) is 6.83. The second-order valence-electron chi connectivity index (χ2n) is 6.14. The van der Waals surface area contributed by atoms with Crippen LogP contribution in [0.15, 0.2) is 29.1 Å². The van der Waals surface area contributed by atoms with Crippen LogP contribution in [0, 0.1) is 5.41 Å². The van der Waals surface area contributed by atoms with Crippen molar-refractivity contribution < 1.29 is 37.7 Å². The number of alkyl halides is 3. The molecule has 0 saturated heterocycles. The maximum atomic E-state index is 11.8. The molecule has 0 aliphatic rings.